The highest BCUT2D eigenvalue weighted by atomic mass is 16.3. The van der Waals surface area contributed by atoms with Gasteiger partial charge in [0.2, 0.25) is 0 Å². The maximum Gasteiger partial charge on any atom is 0.314 e. The molecule has 2 atom stereocenters. The molecule has 2 unspecified atom stereocenters. The van der Waals surface area contributed by atoms with E-state index in [2.05, 4.69) is 17.6 Å². The van der Waals surface area contributed by atoms with Crippen LogP contribution in [0.25, 0.3) is 0 Å². The van der Waals surface area contributed by atoms with Crippen LogP contribution >= 0.6 is 0 Å². The van der Waals surface area contributed by atoms with Crippen molar-refractivity contribution < 1.29 is 9.90 Å². The predicted octanol–water partition coefficient (Wildman–Crippen LogP) is 1.73. The first-order chi connectivity index (χ1) is 9.60. The van der Waals surface area contributed by atoms with Crippen molar-refractivity contribution >= 4 is 6.03 Å². The van der Waals surface area contributed by atoms with Crippen molar-refractivity contribution in [2.24, 2.45) is 5.41 Å². The third-order valence-electron chi connectivity index (χ3n) is 4.25. The molecule has 0 bridgehead atoms. The van der Waals surface area contributed by atoms with Gasteiger partial charge in [0, 0.05) is 37.4 Å². The predicted molar refractivity (Wildman–Crippen MR) is 78.4 cm³/mol. The summed E-state index contributed by atoms with van der Waals surface area (Å²) in [5.41, 5.74) is -0.185. The summed E-state index contributed by atoms with van der Waals surface area (Å²) in [7, 11) is 0. The number of hydrogen-bond donors (Lipinski definition) is 3. The van der Waals surface area contributed by atoms with Gasteiger partial charge in [0.05, 0.1) is 6.10 Å². The molecule has 2 amide bonds. The average Bonchev–Trinajstić information content (AvgIpc) is 2.93. The molecule has 1 aliphatic carbocycles. The molecule has 1 aliphatic rings. The molecule has 1 heterocycles. The molecule has 20 heavy (non-hydrogen) atoms. The SMILES string of the molecule is CC1(CNC(=O)NCCn2cccc2)CCCCC1O. The number of aliphatic hydroxyl groups is 1. The quantitative estimate of drug-likeness (QED) is 0.768. The molecular weight excluding hydrogens is 254 g/mol. The van der Waals surface area contributed by atoms with Gasteiger partial charge in [-0.05, 0) is 25.0 Å². The van der Waals surface area contributed by atoms with Crippen LogP contribution < -0.4 is 10.6 Å². The minimum Gasteiger partial charge on any atom is -0.392 e. The summed E-state index contributed by atoms with van der Waals surface area (Å²) in [6.07, 6.45) is 7.66. The maximum atomic E-state index is 11.7. The molecule has 5 heteroatoms. The number of carbonyl (C=O) groups excluding carboxylic acids is 1. The number of nitrogens with one attached hydrogen (secondary N) is 2. The molecule has 0 saturated heterocycles. The molecule has 1 saturated carbocycles. The molecule has 0 spiro atoms. The van der Waals surface area contributed by atoms with E-state index in [-0.39, 0.29) is 17.6 Å². The Kier molecular flexibility index (Phi) is 5.06. The summed E-state index contributed by atoms with van der Waals surface area (Å²) >= 11 is 0. The first kappa shape index (κ1) is 14.9. The molecule has 2 rings (SSSR count). The fourth-order valence-corrected chi connectivity index (χ4v) is 2.75. The van der Waals surface area contributed by atoms with Crippen molar-refractivity contribution in [3.63, 3.8) is 0 Å². The van der Waals surface area contributed by atoms with E-state index in [1.807, 2.05) is 29.1 Å². The normalized spacial score (nSPS) is 26.2. The van der Waals surface area contributed by atoms with E-state index in [1.54, 1.807) is 0 Å². The van der Waals surface area contributed by atoms with Crippen molar-refractivity contribution in [1.82, 2.24) is 15.2 Å². The summed E-state index contributed by atoms with van der Waals surface area (Å²) in [5, 5.41) is 15.8. The van der Waals surface area contributed by atoms with Crippen LogP contribution in [0.3, 0.4) is 0 Å². The maximum absolute atomic E-state index is 11.7. The average molecular weight is 279 g/mol. The molecule has 1 fully saturated rings. The first-order valence-corrected chi connectivity index (χ1v) is 7.41. The fourth-order valence-electron chi connectivity index (χ4n) is 2.75. The van der Waals surface area contributed by atoms with E-state index in [1.165, 1.54) is 0 Å². The van der Waals surface area contributed by atoms with E-state index in [4.69, 9.17) is 0 Å². The Hall–Kier alpha value is -1.49. The standard InChI is InChI=1S/C15H25N3O2/c1-15(7-3-2-6-13(15)19)12-17-14(20)16-8-11-18-9-4-5-10-18/h4-5,9-10,13,19H,2-3,6-8,11-12H2,1H3,(H2,16,17,20). The topological polar surface area (TPSA) is 66.3 Å². The molecule has 5 nitrogen and oxygen atoms in total. The van der Waals surface area contributed by atoms with Crippen LogP contribution in [0, 0.1) is 5.41 Å². The Morgan fingerprint density at radius 1 is 1.35 bits per heavy atom. The lowest BCUT2D eigenvalue weighted by Gasteiger charge is -2.38. The first-order valence-electron chi connectivity index (χ1n) is 7.41. The summed E-state index contributed by atoms with van der Waals surface area (Å²) in [6, 6.07) is 3.77. The van der Waals surface area contributed by atoms with Gasteiger partial charge in [0.25, 0.3) is 0 Å². The van der Waals surface area contributed by atoms with E-state index in [0.29, 0.717) is 13.1 Å². The molecule has 0 radical (unpaired) electrons. The van der Waals surface area contributed by atoms with Crippen molar-refractivity contribution in [2.75, 3.05) is 13.1 Å². The van der Waals surface area contributed by atoms with Crippen molar-refractivity contribution in [1.29, 1.82) is 0 Å². The molecule has 3 N–H and O–H groups in total. The highest BCUT2D eigenvalue weighted by molar-refractivity contribution is 5.73. The van der Waals surface area contributed by atoms with Crippen LogP contribution in [0.1, 0.15) is 32.6 Å². The lowest BCUT2D eigenvalue weighted by atomic mass is 9.73. The highest BCUT2D eigenvalue weighted by Gasteiger charge is 2.35. The fraction of sp³-hybridized carbons (Fsp3) is 0.667. The second-order valence-corrected chi connectivity index (χ2v) is 5.95. The Morgan fingerprint density at radius 3 is 2.80 bits per heavy atom. The van der Waals surface area contributed by atoms with Gasteiger partial charge in [-0.2, -0.15) is 0 Å². The molecule has 112 valence electrons. The van der Waals surface area contributed by atoms with Crippen LogP contribution in [0.2, 0.25) is 0 Å². The second kappa shape index (κ2) is 6.79. The number of amides is 2. The van der Waals surface area contributed by atoms with Crippen LogP contribution in [0.5, 0.6) is 0 Å². The van der Waals surface area contributed by atoms with Crippen LogP contribution in [0.15, 0.2) is 24.5 Å². The number of nitrogens with zero attached hydrogens (tertiary/aromatic N) is 1. The number of urea groups is 1. The van der Waals surface area contributed by atoms with Crippen LogP contribution in [-0.4, -0.2) is 34.9 Å². The third kappa shape index (κ3) is 4.00. The van der Waals surface area contributed by atoms with Crippen LogP contribution in [0.4, 0.5) is 4.79 Å². The summed E-state index contributed by atoms with van der Waals surface area (Å²) in [5.74, 6) is 0. The zero-order valence-electron chi connectivity index (χ0n) is 12.1. The molecule has 0 aromatic carbocycles. The molecule has 0 aliphatic heterocycles. The van der Waals surface area contributed by atoms with Gasteiger partial charge in [-0.15, -0.1) is 0 Å². The van der Waals surface area contributed by atoms with Crippen LogP contribution in [-0.2, 0) is 6.54 Å². The number of aliphatic hydroxyl groups excluding tert-OH is 1. The van der Waals surface area contributed by atoms with E-state index in [9.17, 15) is 9.90 Å². The minimum atomic E-state index is -0.309. The van der Waals surface area contributed by atoms with E-state index < -0.39 is 0 Å². The van der Waals surface area contributed by atoms with Gasteiger partial charge in [-0.3, -0.25) is 0 Å². The van der Waals surface area contributed by atoms with Gasteiger partial charge in [0.15, 0.2) is 0 Å². The lowest BCUT2D eigenvalue weighted by Crippen LogP contribution is -2.48. The molecule has 1 aromatic heterocycles. The largest absolute Gasteiger partial charge is 0.392 e. The third-order valence-corrected chi connectivity index (χ3v) is 4.25. The van der Waals surface area contributed by atoms with Gasteiger partial charge in [-0.1, -0.05) is 19.8 Å². The summed E-state index contributed by atoms with van der Waals surface area (Å²) in [4.78, 5) is 11.7. The van der Waals surface area contributed by atoms with Gasteiger partial charge in [0.1, 0.15) is 0 Å². The Labute approximate surface area is 120 Å². The Bertz CT molecular complexity index is 419. The zero-order valence-corrected chi connectivity index (χ0v) is 12.1. The van der Waals surface area contributed by atoms with Gasteiger partial charge >= 0.3 is 6.03 Å². The minimum absolute atomic E-state index is 0.156. The number of hydrogen-bond acceptors (Lipinski definition) is 2. The Morgan fingerprint density at radius 2 is 2.10 bits per heavy atom. The van der Waals surface area contributed by atoms with Gasteiger partial charge < -0.3 is 20.3 Å². The summed E-state index contributed by atoms with van der Waals surface area (Å²) in [6.45, 7) is 3.94. The number of aromatic nitrogens is 1. The monoisotopic (exact) mass is 279 g/mol. The van der Waals surface area contributed by atoms with Crippen molar-refractivity contribution in [2.45, 2.75) is 45.3 Å². The lowest BCUT2D eigenvalue weighted by molar-refractivity contribution is 0.00309. The van der Waals surface area contributed by atoms with Gasteiger partial charge in [-0.25, -0.2) is 4.79 Å². The van der Waals surface area contributed by atoms with Crippen molar-refractivity contribution in [3.8, 4) is 0 Å². The summed E-state index contributed by atoms with van der Waals surface area (Å²) < 4.78 is 2.02. The number of carbonyl (C=O) groups is 1. The number of rotatable bonds is 5. The molecular formula is C15H25N3O2. The van der Waals surface area contributed by atoms with E-state index >= 15 is 0 Å². The second-order valence-electron chi connectivity index (χ2n) is 5.95. The zero-order chi connectivity index (χ0) is 14.4. The smallest absolute Gasteiger partial charge is 0.314 e. The highest BCUT2D eigenvalue weighted by Crippen LogP contribution is 2.35. The Balaban J connectivity index is 1.66. The van der Waals surface area contributed by atoms with Crippen molar-refractivity contribution in [3.05, 3.63) is 24.5 Å². The molecule has 1 aromatic rings. The van der Waals surface area contributed by atoms with E-state index in [0.717, 1.165) is 32.2 Å².